The summed E-state index contributed by atoms with van der Waals surface area (Å²) in [5, 5.41) is 8.72. The number of likely N-dealkylation sites (tertiary alicyclic amines) is 1. The average molecular weight is 241 g/mol. The lowest BCUT2D eigenvalue weighted by Gasteiger charge is -2.20. The smallest absolute Gasteiger partial charge is 0.393 e. The van der Waals surface area contributed by atoms with Gasteiger partial charge in [-0.25, -0.2) is 0 Å². The van der Waals surface area contributed by atoms with Gasteiger partial charge in [0.05, 0.1) is 19.1 Å². The Balaban J connectivity index is 2.56. The van der Waals surface area contributed by atoms with Crippen molar-refractivity contribution in [3.8, 4) is 0 Å². The Morgan fingerprint density at radius 3 is 2.56 bits per heavy atom. The van der Waals surface area contributed by atoms with Crippen LogP contribution in [0.25, 0.3) is 0 Å². The molecule has 3 nitrogen and oxygen atoms in total. The first-order valence-electron chi connectivity index (χ1n) is 5.46. The molecule has 1 heterocycles. The van der Waals surface area contributed by atoms with E-state index < -0.39 is 18.0 Å². The zero-order valence-corrected chi connectivity index (χ0v) is 9.33. The van der Waals surface area contributed by atoms with Crippen molar-refractivity contribution < 1.29 is 23.0 Å². The van der Waals surface area contributed by atoms with Gasteiger partial charge in [0.15, 0.2) is 0 Å². The number of nitrogens with zero attached hydrogens (tertiary/aromatic N) is 1. The molecule has 0 amide bonds. The molecule has 0 aromatic heterocycles. The van der Waals surface area contributed by atoms with Gasteiger partial charge in [-0.05, 0) is 6.92 Å². The van der Waals surface area contributed by atoms with Crippen molar-refractivity contribution in [1.82, 2.24) is 4.90 Å². The maximum Gasteiger partial charge on any atom is 0.393 e. The standard InChI is InChI=1S/C10H18F3NO2/c1-2-16-7-8-5-14(3-4-15)6-9(8)10(11,12)13/h8-9,15H,2-7H2,1H3/t8-,9+/m0/s1. The fourth-order valence-electron chi connectivity index (χ4n) is 2.09. The largest absolute Gasteiger partial charge is 0.395 e. The van der Waals surface area contributed by atoms with Crippen LogP contribution in [0.15, 0.2) is 0 Å². The molecule has 16 heavy (non-hydrogen) atoms. The van der Waals surface area contributed by atoms with Crippen LogP contribution in [-0.4, -0.2) is 55.6 Å². The van der Waals surface area contributed by atoms with Gasteiger partial charge >= 0.3 is 6.18 Å². The summed E-state index contributed by atoms with van der Waals surface area (Å²) < 4.78 is 43.2. The van der Waals surface area contributed by atoms with E-state index in [0.29, 0.717) is 19.7 Å². The highest BCUT2D eigenvalue weighted by atomic mass is 19.4. The normalized spacial score (nSPS) is 27.6. The molecule has 0 aliphatic carbocycles. The maximum atomic E-state index is 12.7. The van der Waals surface area contributed by atoms with E-state index in [1.54, 1.807) is 11.8 Å². The van der Waals surface area contributed by atoms with Crippen LogP contribution in [0.2, 0.25) is 0 Å². The summed E-state index contributed by atoms with van der Waals surface area (Å²) in [7, 11) is 0. The lowest BCUT2D eigenvalue weighted by atomic mass is 9.96. The molecule has 0 aromatic carbocycles. The van der Waals surface area contributed by atoms with Crippen molar-refractivity contribution in [1.29, 1.82) is 0 Å². The third-order valence-corrected chi connectivity index (χ3v) is 2.89. The first kappa shape index (κ1) is 13.7. The molecule has 0 saturated carbocycles. The van der Waals surface area contributed by atoms with Crippen molar-refractivity contribution in [3.05, 3.63) is 0 Å². The number of halogens is 3. The van der Waals surface area contributed by atoms with Crippen LogP contribution in [0.1, 0.15) is 6.92 Å². The van der Waals surface area contributed by atoms with E-state index >= 15 is 0 Å². The molecular weight excluding hydrogens is 223 g/mol. The Kier molecular flexibility index (Phi) is 5.01. The second-order valence-corrected chi connectivity index (χ2v) is 4.05. The number of hydrogen-bond donors (Lipinski definition) is 1. The zero-order valence-electron chi connectivity index (χ0n) is 9.33. The predicted octanol–water partition coefficient (Wildman–Crippen LogP) is 1.13. The van der Waals surface area contributed by atoms with Crippen molar-refractivity contribution in [2.75, 3.05) is 39.5 Å². The molecule has 0 bridgehead atoms. The van der Waals surface area contributed by atoms with Crippen molar-refractivity contribution in [2.24, 2.45) is 11.8 Å². The molecule has 0 radical (unpaired) electrons. The second-order valence-electron chi connectivity index (χ2n) is 4.05. The SMILES string of the molecule is CCOC[C@@H]1CN(CCO)C[C@H]1C(F)(F)F. The number of hydrogen-bond acceptors (Lipinski definition) is 3. The average Bonchev–Trinajstić information content (AvgIpc) is 2.58. The van der Waals surface area contributed by atoms with E-state index in [2.05, 4.69) is 0 Å². The van der Waals surface area contributed by atoms with Crippen LogP contribution in [0, 0.1) is 11.8 Å². The molecule has 1 rings (SSSR count). The molecule has 0 aromatic rings. The van der Waals surface area contributed by atoms with Crippen LogP contribution in [0.5, 0.6) is 0 Å². The van der Waals surface area contributed by atoms with Gasteiger partial charge < -0.3 is 14.7 Å². The van der Waals surface area contributed by atoms with Gasteiger partial charge in [0, 0.05) is 32.2 Å². The van der Waals surface area contributed by atoms with Crippen molar-refractivity contribution >= 4 is 0 Å². The summed E-state index contributed by atoms with van der Waals surface area (Å²) in [6.07, 6.45) is -4.17. The summed E-state index contributed by atoms with van der Waals surface area (Å²) >= 11 is 0. The molecule has 96 valence electrons. The van der Waals surface area contributed by atoms with Gasteiger partial charge in [0.25, 0.3) is 0 Å². The van der Waals surface area contributed by atoms with Crippen LogP contribution < -0.4 is 0 Å². The molecule has 0 unspecified atom stereocenters. The summed E-state index contributed by atoms with van der Waals surface area (Å²) in [4.78, 5) is 1.64. The number of rotatable bonds is 5. The zero-order chi connectivity index (χ0) is 12.2. The van der Waals surface area contributed by atoms with E-state index in [9.17, 15) is 13.2 Å². The number of β-amino-alcohol motifs (C(OH)–C–C–N with tert-alkyl or cyclic N) is 1. The van der Waals surface area contributed by atoms with Gasteiger partial charge in [0.1, 0.15) is 0 Å². The number of alkyl halides is 3. The molecule has 1 aliphatic rings. The molecular formula is C10H18F3NO2. The first-order chi connectivity index (χ1) is 7.49. The van der Waals surface area contributed by atoms with Gasteiger partial charge in [0.2, 0.25) is 0 Å². The Morgan fingerprint density at radius 1 is 1.38 bits per heavy atom. The van der Waals surface area contributed by atoms with E-state index in [4.69, 9.17) is 9.84 Å². The fraction of sp³-hybridized carbons (Fsp3) is 1.00. The van der Waals surface area contributed by atoms with E-state index in [1.807, 2.05) is 0 Å². The molecule has 1 N–H and O–H groups in total. The first-order valence-corrected chi connectivity index (χ1v) is 5.46. The second kappa shape index (κ2) is 5.84. The van der Waals surface area contributed by atoms with E-state index in [-0.39, 0.29) is 19.8 Å². The minimum absolute atomic E-state index is 0.0260. The lowest BCUT2D eigenvalue weighted by molar-refractivity contribution is -0.184. The summed E-state index contributed by atoms with van der Waals surface area (Å²) in [6, 6.07) is 0. The highest BCUT2D eigenvalue weighted by Gasteiger charge is 2.49. The van der Waals surface area contributed by atoms with Gasteiger partial charge in [-0.3, -0.25) is 0 Å². The van der Waals surface area contributed by atoms with Gasteiger partial charge in [-0.15, -0.1) is 0 Å². The Hall–Kier alpha value is -0.330. The van der Waals surface area contributed by atoms with Crippen LogP contribution in [0.3, 0.4) is 0 Å². The predicted molar refractivity (Wildman–Crippen MR) is 53.1 cm³/mol. The third-order valence-electron chi connectivity index (χ3n) is 2.89. The van der Waals surface area contributed by atoms with Gasteiger partial charge in [-0.1, -0.05) is 0 Å². The van der Waals surface area contributed by atoms with Crippen LogP contribution in [0.4, 0.5) is 13.2 Å². The summed E-state index contributed by atoms with van der Waals surface area (Å²) in [5.41, 5.74) is 0. The minimum atomic E-state index is -4.17. The topological polar surface area (TPSA) is 32.7 Å². The van der Waals surface area contributed by atoms with Crippen LogP contribution in [-0.2, 0) is 4.74 Å². The van der Waals surface area contributed by atoms with Gasteiger partial charge in [-0.2, -0.15) is 13.2 Å². The highest BCUT2D eigenvalue weighted by Crippen LogP contribution is 2.37. The lowest BCUT2D eigenvalue weighted by Crippen LogP contribution is -2.32. The third kappa shape index (κ3) is 3.61. The molecule has 1 fully saturated rings. The molecule has 0 spiro atoms. The molecule has 2 atom stereocenters. The van der Waals surface area contributed by atoms with E-state index in [1.165, 1.54) is 0 Å². The highest BCUT2D eigenvalue weighted by molar-refractivity contribution is 4.88. The van der Waals surface area contributed by atoms with Crippen LogP contribution >= 0.6 is 0 Å². The molecule has 1 saturated heterocycles. The molecule has 6 heteroatoms. The summed E-state index contributed by atoms with van der Waals surface area (Å²) in [5.74, 6) is -1.84. The monoisotopic (exact) mass is 241 g/mol. The number of ether oxygens (including phenoxy) is 1. The fourth-order valence-corrected chi connectivity index (χ4v) is 2.09. The quantitative estimate of drug-likeness (QED) is 0.783. The Morgan fingerprint density at radius 2 is 2.06 bits per heavy atom. The Labute approximate surface area is 93.2 Å². The maximum absolute atomic E-state index is 12.7. The summed E-state index contributed by atoms with van der Waals surface area (Å²) in [6.45, 7) is 2.86. The number of aliphatic hydroxyl groups excluding tert-OH is 1. The number of aliphatic hydroxyl groups is 1. The van der Waals surface area contributed by atoms with E-state index in [0.717, 1.165) is 0 Å². The molecule has 1 aliphatic heterocycles. The minimum Gasteiger partial charge on any atom is -0.395 e. The van der Waals surface area contributed by atoms with Crippen molar-refractivity contribution in [3.63, 3.8) is 0 Å². The Bertz CT molecular complexity index is 211. The van der Waals surface area contributed by atoms with Crippen molar-refractivity contribution in [2.45, 2.75) is 13.1 Å².